The molecule has 2 rings (SSSR count). The lowest BCUT2D eigenvalue weighted by Crippen LogP contribution is -2.57. The van der Waals surface area contributed by atoms with Crippen LogP contribution in [0.2, 0.25) is 0 Å². The number of hydrogen-bond donors (Lipinski definition) is 3. The van der Waals surface area contributed by atoms with Crippen LogP contribution in [-0.2, 0) is 11.2 Å². The third-order valence-corrected chi connectivity index (χ3v) is 3.99. The van der Waals surface area contributed by atoms with E-state index in [0.29, 0.717) is 17.0 Å². The molecule has 4 N–H and O–H groups in total. The molecular formula is C18H20N4O5. The van der Waals surface area contributed by atoms with E-state index < -0.39 is 22.4 Å². The Morgan fingerprint density at radius 2 is 1.81 bits per heavy atom. The van der Waals surface area contributed by atoms with Gasteiger partial charge in [-0.05, 0) is 24.6 Å². The molecule has 0 unspecified atom stereocenters. The molecule has 1 atom stereocenters. The molecule has 3 amide bonds. The van der Waals surface area contributed by atoms with Crippen LogP contribution in [0.3, 0.4) is 0 Å². The maximum Gasteiger partial charge on any atom is 0.320 e. The summed E-state index contributed by atoms with van der Waals surface area (Å²) < 4.78 is 5.16. The van der Waals surface area contributed by atoms with Gasteiger partial charge in [-0.3, -0.25) is 14.9 Å². The van der Waals surface area contributed by atoms with Gasteiger partial charge >= 0.3 is 6.03 Å². The highest BCUT2D eigenvalue weighted by atomic mass is 16.6. The van der Waals surface area contributed by atoms with E-state index in [-0.39, 0.29) is 12.1 Å². The van der Waals surface area contributed by atoms with Gasteiger partial charge in [-0.2, -0.15) is 0 Å². The van der Waals surface area contributed by atoms with E-state index >= 15 is 0 Å². The molecule has 142 valence electrons. The number of benzene rings is 2. The number of rotatable bonds is 7. The Hall–Kier alpha value is -3.62. The number of nitrogens with zero attached hydrogens (tertiary/aromatic N) is 1. The molecule has 0 aromatic heterocycles. The van der Waals surface area contributed by atoms with E-state index in [1.165, 1.54) is 38.3 Å². The number of hydrogen-bond acceptors (Lipinski definition) is 5. The van der Waals surface area contributed by atoms with Crippen LogP contribution in [0, 0.1) is 10.1 Å². The van der Waals surface area contributed by atoms with Gasteiger partial charge in [0.25, 0.3) is 5.69 Å². The molecule has 9 heteroatoms. The number of nitro groups is 1. The van der Waals surface area contributed by atoms with Crippen molar-refractivity contribution in [2.24, 2.45) is 5.73 Å². The summed E-state index contributed by atoms with van der Waals surface area (Å²) in [6, 6.07) is 11.8. The zero-order valence-electron chi connectivity index (χ0n) is 14.9. The average molecular weight is 372 g/mol. The number of para-hydroxylation sites is 2. The molecule has 0 aliphatic rings. The summed E-state index contributed by atoms with van der Waals surface area (Å²) in [7, 11) is 1.47. The van der Waals surface area contributed by atoms with Crippen molar-refractivity contribution in [2.75, 3.05) is 12.4 Å². The summed E-state index contributed by atoms with van der Waals surface area (Å²) >= 11 is 0. The molecule has 27 heavy (non-hydrogen) atoms. The fraction of sp³-hybridized carbons (Fsp3) is 0.222. The van der Waals surface area contributed by atoms with Crippen molar-refractivity contribution in [2.45, 2.75) is 18.9 Å². The molecule has 0 saturated carbocycles. The fourth-order valence-corrected chi connectivity index (χ4v) is 2.49. The SMILES string of the molecule is COc1ccccc1NC(=O)N[C@@](C)(Cc1ccc([N+](=O)[O-])cc1)C(N)=O. The second kappa shape index (κ2) is 8.17. The van der Waals surface area contributed by atoms with E-state index in [0.717, 1.165) is 0 Å². The highest BCUT2D eigenvalue weighted by Crippen LogP contribution is 2.23. The molecule has 0 heterocycles. The minimum Gasteiger partial charge on any atom is -0.495 e. The molecule has 0 radical (unpaired) electrons. The van der Waals surface area contributed by atoms with Crippen molar-refractivity contribution in [1.29, 1.82) is 0 Å². The van der Waals surface area contributed by atoms with Crippen LogP contribution in [0.5, 0.6) is 5.75 Å². The summed E-state index contributed by atoms with van der Waals surface area (Å²) in [5.74, 6) is -0.278. The van der Waals surface area contributed by atoms with E-state index in [4.69, 9.17) is 10.5 Å². The van der Waals surface area contributed by atoms with Gasteiger partial charge < -0.3 is 21.1 Å². The van der Waals surface area contributed by atoms with Crippen molar-refractivity contribution in [3.63, 3.8) is 0 Å². The third-order valence-electron chi connectivity index (χ3n) is 3.99. The third kappa shape index (κ3) is 4.94. The van der Waals surface area contributed by atoms with Crippen LogP contribution in [-0.4, -0.2) is 29.5 Å². The molecule has 2 aromatic rings. The van der Waals surface area contributed by atoms with Gasteiger partial charge in [0.2, 0.25) is 5.91 Å². The largest absolute Gasteiger partial charge is 0.495 e. The molecule has 0 aliphatic heterocycles. The quantitative estimate of drug-likeness (QED) is 0.505. The molecular weight excluding hydrogens is 352 g/mol. The maximum atomic E-state index is 12.4. The highest BCUT2D eigenvalue weighted by molar-refractivity contribution is 5.96. The van der Waals surface area contributed by atoms with Crippen molar-refractivity contribution in [3.8, 4) is 5.75 Å². The van der Waals surface area contributed by atoms with Crippen LogP contribution >= 0.6 is 0 Å². The van der Waals surface area contributed by atoms with Crippen molar-refractivity contribution in [3.05, 3.63) is 64.2 Å². The van der Waals surface area contributed by atoms with Crippen LogP contribution in [0.1, 0.15) is 12.5 Å². The predicted octanol–water partition coefficient (Wildman–Crippen LogP) is 2.21. The van der Waals surface area contributed by atoms with Gasteiger partial charge in [0.15, 0.2) is 0 Å². The Bertz CT molecular complexity index is 853. The number of carbonyl (C=O) groups excluding carboxylic acids is 2. The molecule has 2 aromatic carbocycles. The Morgan fingerprint density at radius 3 is 2.37 bits per heavy atom. The summed E-state index contributed by atoms with van der Waals surface area (Å²) in [5, 5.41) is 15.9. The average Bonchev–Trinajstić information content (AvgIpc) is 2.62. The second-order valence-electron chi connectivity index (χ2n) is 6.08. The summed E-state index contributed by atoms with van der Waals surface area (Å²) in [5.41, 5.74) is 5.05. The van der Waals surface area contributed by atoms with E-state index in [1.807, 2.05) is 0 Å². The van der Waals surface area contributed by atoms with Crippen molar-refractivity contribution < 1.29 is 19.2 Å². The van der Waals surface area contributed by atoms with E-state index in [9.17, 15) is 19.7 Å². The predicted molar refractivity (Wildman–Crippen MR) is 99.5 cm³/mol. The first-order valence-electron chi connectivity index (χ1n) is 8.00. The number of nitro benzene ring substituents is 1. The number of ether oxygens (including phenoxy) is 1. The lowest BCUT2D eigenvalue weighted by atomic mass is 9.92. The number of methoxy groups -OCH3 is 1. The minimum absolute atomic E-state index is 0.0681. The number of nitrogens with one attached hydrogen (secondary N) is 2. The monoisotopic (exact) mass is 372 g/mol. The van der Waals surface area contributed by atoms with Crippen LogP contribution < -0.4 is 21.1 Å². The normalized spacial score (nSPS) is 12.5. The van der Waals surface area contributed by atoms with Crippen LogP contribution in [0.15, 0.2) is 48.5 Å². The van der Waals surface area contributed by atoms with Crippen LogP contribution in [0.4, 0.5) is 16.2 Å². The molecule has 0 aliphatic carbocycles. The van der Waals surface area contributed by atoms with Gasteiger partial charge in [-0.1, -0.05) is 24.3 Å². The molecule has 0 spiro atoms. The number of non-ortho nitro benzene ring substituents is 1. The molecule has 9 nitrogen and oxygen atoms in total. The minimum atomic E-state index is -1.40. The maximum absolute atomic E-state index is 12.4. The zero-order valence-corrected chi connectivity index (χ0v) is 14.9. The molecule has 0 saturated heterocycles. The topological polar surface area (TPSA) is 137 Å². The summed E-state index contributed by atoms with van der Waals surface area (Å²) in [6.45, 7) is 1.48. The van der Waals surface area contributed by atoms with Gasteiger partial charge in [0, 0.05) is 18.6 Å². The van der Waals surface area contributed by atoms with Gasteiger partial charge in [-0.25, -0.2) is 4.79 Å². The van der Waals surface area contributed by atoms with E-state index in [2.05, 4.69) is 10.6 Å². The summed E-state index contributed by atoms with van der Waals surface area (Å²) in [4.78, 5) is 34.5. The first-order chi connectivity index (χ1) is 12.7. The van der Waals surface area contributed by atoms with E-state index in [1.54, 1.807) is 24.3 Å². The number of primary amides is 1. The van der Waals surface area contributed by atoms with Gasteiger partial charge in [0.05, 0.1) is 17.7 Å². The number of carbonyl (C=O) groups is 2. The summed E-state index contributed by atoms with van der Waals surface area (Å²) in [6.07, 6.45) is 0.0691. The number of nitrogens with two attached hydrogens (primary N) is 1. The lowest BCUT2D eigenvalue weighted by molar-refractivity contribution is -0.384. The fourth-order valence-electron chi connectivity index (χ4n) is 2.49. The first kappa shape index (κ1) is 19.7. The second-order valence-corrected chi connectivity index (χ2v) is 6.08. The standard InChI is InChI=1S/C18H20N4O5/c1-18(16(19)23,11-12-7-9-13(10-8-12)22(25)26)21-17(24)20-14-5-3-4-6-15(14)27-2/h3-10H,11H2,1-2H3,(H2,19,23)(H2,20,21,24)/t18-/m0/s1. The Labute approximate surface area is 155 Å². The first-order valence-corrected chi connectivity index (χ1v) is 8.00. The highest BCUT2D eigenvalue weighted by Gasteiger charge is 2.33. The Kier molecular flexibility index (Phi) is 5.96. The molecule has 0 fully saturated rings. The zero-order chi connectivity index (χ0) is 20.0. The van der Waals surface area contributed by atoms with Crippen molar-refractivity contribution >= 4 is 23.3 Å². The Balaban J connectivity index is 2.14. The Morgan fingerprint density at radius 1 is 1.19 bits per heavy atom. The number of amides is 3. The molecule has 0 bridgehead atoms. The lowest BCUT2D eigenvalue weighted by Gasteiger charge is -2.27. The van der Waals surface area contributed by atoms with Gasteiger partial charge in [0.1, 0.15) is 11.3 Å². The smallest absolute Gasteiger partial charge is 0.320 e. The van der Waals surface area contributed by atoms with Crippen molar-refractivity contribution in [1.82, 2.24) is 5.32 Å². The number of urea groups is 1. The number of anilines is 1. The van der Waals surface area contributed by atoms with Crippen LogP contribution in [0.25, 0.3) is 0 Å². The van der Waals surface area contributed by atoms with Gasteiger partial charge in [-0.15, -0.1) is 0 Å².